The van der Waals surface area contributed by atoms with Gasteiger partial charge in [0.05, 0.1) is 0 Å². The van der Waals surface area contributed by atoms with Crippen molar-refractivity contribution in [2.75, 3.05) is 18.4 Å². The minimum absolute atomic E-state index is 0.122. The molecular weight excluding hydrogens is 326 g/mol. The molecule has 0 radical (unpaired) electrons. The Kier molecular flexibility index (Phi) is 5.89. The smallest absolute Gasteiger partial charge is 0.266 e. The lowest BCUT2D eigenvalue weighted by Gasteiger charge is -2.26. The number of rotatable bonds is 5. The third-order valence-corrected chi connectivity index (χ3v) is 4.21. The predicted molar refractivity (Wildman–Crippen MR) is 101 cm³/mol. The maximum atomic E-state index is 12.4. The number of likely N-dealkylation sites (tertiary alicyclic amines) is 1. The molecule has 0 spiro atoms. The summed E-state index contributed by atoms with van der Waals surface area (Å²) in [5.74, 6) is 1.28. The summed E-state index contributed by atoms with van der Waals surface area (Å²) < 4.78 is 5.74. The van der Waals surface area contributed by atoms with Crippen molar-refractivity contribution in [1.29, 1.82) is 5.26 Å². The van der Waals surface area contributed by atoms with E-state index in [0.717, 1.165) is 49.5 Å². The Morgan fingerprint density at radius 3 is 2.31 bits per heavy atom. The van der Waals surface area contributed by atoms with Crippen LogP contribution in [0.5, 0.6) is 11.5 Å². The number of hydrogen-bond acceptors (Lipinski definition) is 4. The van der Waals surface area contributed by atoms with Gasteiger partial charge in [0, 0.05) is 25.0 Å². The molecule has 1 amide bonds. The summed E-state index contributed by atoms with van der Waals surface area (Å²) in [6, 6.07) is 18.9. The van der Waals surface area contributed by atoms with E-state index in [4.69, 9.17) is 4.74 Å². The Labute approximate surface area is 153 Å². The molecule has 0 unspecified atom stereocenters. The van der Waals surface area contributed by atoms with Crippen molar-refractivity contribution in [2.24, 2.45) is 0 Å². The number of piperidine rings is 1. The van der Waals surface area contributed by atoms with Gasteiger partial charge in [0.15, 0.2) is 0 Å². The van der Waals surface area contributed by atoms with Crippen molar-refractivity contribution in [3.8, 4) is 17.6 Å². The number of para-hydroxylation sites is 1. The number of anilines is 1. The highest BCUT2D eigenvalue weighted by molar-refractivity contribution is 5.97. The molecule has 3 rings (SSSR count). The second-order valence-corrected chi connectivity index (χ2v) is 6.11. The number of benzene rings is 2. The van der Waals surface area contributed by atoms with Crippen LogP contribution in [0.1, 0.15) is 19.3 Å². The quantitative estimate of drug-likeness (QED) is 0.646. The van der Waals surface area contributed by atoms with Crippen molar-refractivity contribution in [1.82, 2.24) is 4.90 Å². The van der Waals surface area contributed by atoms with Gasteiger partial charge in [-0.05, 0) is 55.7 Å². The average molecular weight is 347 g/mol. The second-order valence-electron chi connectivity index (χ2n) is 6.11. The zero-order valence-corrected chi connectivity index (χ0v) is 14.5. The lowest BCUT2D eigenvalue weighted by Crippen LogP contribution is -2.36. The van der Waals surface area contributed by atoms with Crippen LogP contribution in [0, 0.1) is 11.3 Å². The van der Waals surface area contributed by atoms with Gasteiger partial charge in [0.2, 0.25) is 0 Å². The molecule has 1 saturated heterocycles. The van der Waals surface area contributed by atoms with Gasteiger partial charge in [-0.15, -0.1) is 0 Å². The van der Waals surface area contributed by atoms with E-state index in [9.17, 15) is 10.1 Å². The molecule has 0 bridgehead atoms. The number of carbonyl (C=O) groups excluding carboxylic acids is 1. The molecule has 1 aliphatic rings. The first kappa shape index (κ1) is 17.6. The van der Waals surface area contributed by atoms with E-state index >= 15 is 0 Å². The summed E-state index contributed by atoms with van der Waals surface area (Å²) in [5, 5.41) is 12.3. The Morgan fingerprint density at radius 2 is 1.65 bits per heavy atom. The summed E-state index contributed by atoms with van der Waals surface area (Å²) >= 11 is 0. The van der Waals surface area contributed by atoms with E-state index in [1.807, 2.05) is 60.7 Å². The third-order valence-electron chi connectivity index (χ3n) is 4.21. The first-order valence-corrected chi connectivity index (χ1v) is 8.75. The molecule has 5 heteroatoms. The van der Waals surface area contributed by atoms with Crippen molar-refractivity contribution in [2.45, 2.75) is 19.3 Å². The SMILES string of the molecule is N#C/C(=C/Nc1ccc(Oc2ccccc2)cc1)C(=O)N1CCCCC1. The predicted octanol–water partition coefficient (Wildman–Crippen LogP) is 4.31. The molecule has 1 fully saturated rings. The largest absolute Gasteiger partial charge is 0.457 e. The second kappa shape index (κ2) is 8.72. The lowest BCUT2D eigenvalue weighted by molar-refractivity contribution is -0.127. The monoisotopic (exact) mass is 347 g/mol. The summed E-state index contributed by atoms with van der Waals surface area (Å²) in [7, 11) is 0. The molecule has 26 heavy (non-hydrogen) atoms. The van der Waals surface area contributed by atoms with Crippen molar-refractivity contribution in [3.05, 3.63) is 66.4 Å². The zero-order valence-electron chi connectivity index (χ0n) is 14.5. The highest BCUT2D eigenvalue weighted by Gasteiger charge is 2.20. The Hall–Kier alpha value is -3.26. The van der Waals surface area contributed by atoms with Crippen LogP contribution in [0.3, 0.4) is 0 Å². The van der Waals surface area contributed by atoms with Crippen LogP contribution in [0.15, 0.2) is 66.4 Å². The Balaban J connectivity index is 1.61. The van der Waals surface area contributed by atoms with Gasteiger partial charge in [-0.1, -0.05) is 18.2 Å². The molecule has 0 aliphatic carbocycles. The van der Waals surface area contributed by atoms with Crippen LogP contribution >= 0.6 is 0 Å². The number of amides is 1. The van der Waals surface area contributed by atoms with Crippen molar-refractivity contribution < 1.29 is 9.53 Å². The molecule has 0 saturated carbocycles. The number of carbonyl (C=O) groups is 1. The highest BCUT2D eigenvalue weighted by Crippen LogP contribution is 2.22. The van der Waals surface area contributed by atoms with Gasteiger partial charge in [-0.2, -0.15) is 5.26 Å². The summed E-state index contributed by atoms with van der Waals surface area (Å²) in [6.07, 6.45) is 4.62. The summed E-state index contributed by atoms with van der Waals surface area (Å²) in [6.45, 7) is 1.45. The van der Waals surface area contributed by atoms with Crippen LogP contribution in [-0.2, 0) is 4.79 Å². The van der Waals surface area contributed by atoms with E-state index < -0.39 is 0 Å². The first-order valence-electron chi connectivity index (χ1n) is 8.75. The van der Waals surface area contributed by atoms with Gasteiger partial charge in [-0.3, -0.25) is 4.79 Å². The fourth-order valence-corrected chi connectivity index (χ4v) is 2.81. The van der Waals surface area contributed by atoms with Gasteiger partial charge in [-0.25, -0.2) is 0 Å². The molecule has 5 nitrogen and oxygen atoms in total. The summed E-state index contributed by atoms with van der Waals surface area (Å²) in [5.41, 5.74) is 0.904. The van der Waals surface area contributed by atoms with E-state index in [0.29, 0.717) is 0 Å². The minimum Gasteiger partial charge on any atom is -0.457 e. The minimum atomic E-state index is -0.205. The van der Waals surface area contributed by atoms with E-state index in [-0.39, 0.29) is 11.5 Å². The molecular formula is C21H21N3O2. The van der Waals surface area contributed by atoms with Crippen LogP contribution in [-0.4, -0.2) is 23.9 Å². The fourth-order valence-electron chi connectivity index (χ4n) is 2.81. The molecule has 0 atom stereocenters. The fraction of sp³-hybridized carbons (Fsp3) is 0.238. The summed E-state index contributed by atoms with van der Waals surface area (Å²) in [4.78, 5) is 14.1. The van der Waals surface area contributed by atoms with Crippen LogP contribution in [0.25, 0.3) is 0 Å². The van der Waals surface area contributed by atoms with Crippen LogP contribution in [0.4, 0.5) is 5.69 Å². The van der Waals surface area contributed by atoms with Gasteiger partial charge in [0.1, 0.15) is 23.1 Å². The van der Waals surface area contributed by atoms with Crippen LogP contribution in [0.2, 0.25) is 0 Å². The highest BCUT2D eigenvalue weighted by atomic mass is 16.5. The number of nitrogens with one attached hydrogen (secondary N) is 1. The Morgan fingerprint density at radius 1 is 1.00 bits per heavy atom. The number of ether oxygens (including phenoxy) is 1. The number of nitriles is 1. The molecule has 1 aliphatic heterocycles. The van der Waals surface area contributed by atoms with Crippen molar-refractivity contribution in [3.63, 3.8) is 0 Å². The molecule has 2 aromatic carbocycles. The maximum Gasteiger partial charge on any atom is 0.266 e. The van der Waals surface area contributed by atoms with Crippen LogP contribution < -0.4 is 10.1 Å². The van der Waals surface area contributed by atoms with Gasteiger partial charge in [0.25, 0.3) is 5.91 Å². The van der Waals surface area contributed by atoms with Crippen molar-refractivity contribution >= 4 is 11.6 Å². The maximum absolute atomic E-state index is 12.4. The topological polar surface area (TPSA) is 65.4 Å². The molecule has 2 aromatic rings. The third kappa shape index (κ3) is 4.64. The first-order chi connectivity index (χ1) is 12.8. The molecule has 1 N–H and O–H groups in total. The van der Waals surface area contributed by atoms with Gasteiger partial charge >= 0.3 is 0 Å². The number of hydrogen-bond donors (Lipinski definition) is 1. The van der Waals surface area contributed by atoms with E-state index in [2.05, 4.69) is 5.32 Å². The standard InChI is InChI=1S/C21H21N3O2/c22-15-17(21(25)24-13-5-2-6-14-24)16-23-18-9-11-20(12-10-18)26-19-7-3-1-4-8-19/h1,3-4,7-12,16,23H,2,5-6,13-14H2/b17-16-. The number of nitrogens with zero attached hydrogens (tertiary/aromatic N) is 2. The zero-order chi connectivity index (χ0) is 18.2. The normalized spacial score (nSPS) is 14.4. The molecule has 1 heterocycles. The average Bonchev–Trinajstić information content (AvgIpc) is 2.71. The Bertz CT molecular complexity index is 801. The lowest BCUT2D eigenvalue weighted by atomic mass is 10.1. The molecule has 0 aromatic heterocycles. The molecule has 132 valence electrons. The van der Waals surface area contributed by atoms with E-state index in [1.54, 1.807) is 4.90 Å². The van der Waals surface area contributed by atoms with Gasteiger partial charge < -0.3 is 15.0 Å². The van der Waals surface area contributed by atoms with E-state index in [1.165, 1.54) is 6.20 Å².